The lowest BCUT2D eigenvalue weighted by atomic mass is 9.82. The van der Waals surface area contributed by atoms with E-state index in [1.165, 1.54) is 79.8 Å². The van der Waals surface area contributed by atoms with Crippen LogP contribution >= 0.6 is 0 Å². The molecular formula is C91H108BF3N10O14S. The monoisotopic (exact) mass is 1660 g/mol. The van der Waals surface area contributed by atoms with Gasteiger partial charge in [0.25, 0.3) is 0 Å². The van der Waals surface area contributed by atoms with Crippen LogP contribution in [0.15, 0.2) is 214 Å². The predicted molar refractivity (Wildman–Crippen MR) is 456 cm³/mol. The highest BCUT2D eigenvalue weighted by Crippen LogP contribution is 2.42. The first-order valence-electron chi connectivity index (χ1n) is 39.9. The minimum Gasteiger partial charge on any atom is -0.444 e. The molecule has 15 rings (SSSR count). The molecule has 5 aromatic heterocycles. The van der Waals surface area contributed by atoms with E-state index < -0.39 is 51.9 Å². The van der Waals surface area contributed by atoms with Gasteiger partial charge in [-0.3, -0.25) is 24.9 Å². The van der Waals surface area contributed by atoms with Crippen molar-refractivity contribution in [2.24, 2.45) is 0 Å². The van der Waals surface area contributed by atoms with Crippen LogP contribution < -0.4 is 25.6 Å². The van der Waals surface area contributed by atoms with E-state index in [4.69, 9.17) is 43.2 Å². The minimum absolute atomic E-state index is 0.0612. The number of amides is 2. The Bertz CT molecular complexity index is 4780. The molecule has 120 heavy (non-hydrogen) atoms. The number of carbonyl (C=O) groups excluding carboxylic acids is 2. The average Bonchev–Trinajstić information content (AvgIpc) is 0.818. The Morgan fingerprint density at radius 2 is 0.708 bits per heavy atom. The summed E-state index contributed by atoms with van der Waals surface area (Å²) in [5, 5.41) is 26.7. The van der Waals surface area contributed by atoms with Crippen LogP contribution in [0.3, 0.4) is 0 Å². The Kier molecular flexibility index (Phi) is 33.5. The van der Waals surface area contributed by atoms with Gasteiger partial charge in [0, 0.05) is 129 Å². The van der Waals surface area contributed by atoms with Gasteiger partial charge in [-0.15, -0.1) is 0 Å². The van der Waals surface area contributed by atoms with Gasteiger partial charge < -0.3 is 73.1 Å². The second kappa shape index (κ2) is 43.7. The first-order chi connectivity index (χ1) is 57.6. The second-order valence-electron chi connectivity index (χ2n) is 30.9. The molecule has 5 atom stereocenters. The van der Waals surface area contributed by atoms with Gasteiger partial charge in [-0.05, 0) is 204 Å². The molecule has 10 aromatic rings. The van der Waals surface area contributed by atoms with Crippen LogP contribution in [0.25, 0.3) is 44.5 Å². The number of nitrogens with one attached hydrogen (secondary N) is 3. The zero-order valence-electron chi connectivity index (χ0n) is 69.7. The van der Waals surface area contributed by atoms with Crippen molar-refractivity contribution < 1.29 is 78.6 Å². The number of carbonyl (C=O) groups is 2. The number of likely N-dealkylation sites (N-methyl/N-ethyl adjacent to an activating group) is 5. The summed E-state index contributed by atoms with van der Waals surface area (Å²) in [6.07, 6.45) is 20.3. The summed E-state index contributed by atoms with van der Waals surface area (Å²) in [5.74, 6) is -0.475. The predicted octanol–water partition coefficient (Wildman–Crippen LogP) is 14.1. The first-order valence-corrected chi connectivity index (χ1v) is 41.3. The highest BCUT2D eigenvalue weighted by atomic mass is 32.2. The fraction of sp³-hybridized carbons (Fsp3) is 0.374. The van der Waals surface area contributed by atoms with Crippen molar-refractivity contribution >= 4 is 34.9 Å². The van der Waals surface area contributed by atoms with Crippen molar-refractivity contribution in [3.8, 4) is 50.3 Å². The molecule has 0 radical (unpaired) electrons. The normalized spacial score (nSPS) is 17.0. The molecule has 0 fully saturated rings. The topological polar surface area (TPSA) is 290 Å². The number of benzene rings is 5. The number of alkyl halides is 3. The minimum atomic E-state index is -5.84. The number of nitrogens with zero attached hydrogens (tertiary/aromatic N) is 7. The standard InChI is InChI=1S/C21H26N2O3.C17H22F3NO6S.3C16H18N2O.C5H6BNO2/c1-21(2,3)26-20(24)23(4)14-18-19-15(10-12-25-18)7-5-9-17(19)16-8-6-11-22-13-16;1-16(2,3)26-15(22)21(4)10-13-14-11(8-9-25-13)6-5-7-12(14)27-28(23,24)17(18,19)20;3*1-17-11-15-16-12(7-9-19-15)4-2-6-14(16)13-5-3-8-18-10-13;8-6(9)5-2-1-3-7-4-5/h5-9,11,13,18H,10,12,14H2,1-4H3;5-7,13H,8-10H2,1-4H3;3*2-6,8,10,15,17H,7,9,11H2,1H3;1-4,8-9H/t;;2*15-;;/m..10../s1. The quantitative estimate of drug-likeness (QED) is 0.0321. The molecule has 0 saturated heterocycles. The summed E-state index contributed by atoms with van der Waals surface area (Å²) < 4.78 is 105. The molecular weight excluding hydrogens is 1560 g/mol. The SMILES string of the molecule is CN(CC1OCCc2cccc(-c3cccnc3)c21)C(=O)OC(C)(C)C.CN(CC1OCCc2cccc(OS(=O)(=O)C(F)(F)F)c21)C(=O)OC(C)(C)C.CNCC1OCCc2cccc(-c3cccnc3)c21.CNC[C@@H]1OCCc2cccc(-c3cccnc3)c21.CNC[C@H]1OCCc2cccc(-c3cccnc3)c21.OB(O)c1cccnc1. The summed E-state index contributed by atoms with van der Waals surface area (Å²) in [6.45, 7) is 16.9. The van der Waals surface area contributed by atoms with E-state index in [2.05, 4.69) is 136 Å². The Hall–Kier alpha value is -10.4. The molecule has 5 aliphatic heterocycles. The van der Waals surface area contributed by atoms with Gasteiger partial charge in [0.1, 0.15) is 29.2 Å². The number of fused-ring (bicyclic) bond motifs is 5. The number of halogens is 3. The fourth-order valence-corrected chi connectivity index (χ4v) is 15.0. The lowest BCUT2D eigenvalue weighted by molar-refractivity contribution is -0.0502. The Morgan fingerprint density at radius 3 is 0.975 bits per heavy atom. The molecule has 5 aromatic carbocycles. The van der Waals surface area contributed by atoms with Gasteiger partial charge in [0.05, 0.1) is 64.4 Å². The average molecular weight is 1670 g/mol. The maximum Gasteiger partial charge on any atom is 0.534 e. The van der Waals surface area contributed by atoms with E-state index in [-0.39, 0.29) is 49.2 Å². The molecule has 5 aliphatic rings. The summed E-state index contributed by atoms with van der Waals surface area (Å²) in [7, 11) is 1.84. The number of hydrogen-bond donors (Lipinski definition) is 5. The molecule has 5 N–H and O–H groups in total. The second-order valence-corrected chi connectivity index (χ2v) is 32.4. The van der Waals surface area contributed by atoms with Gasteiger partial charge in [-0.1, -0.05) is 115 Å². The van der Waals surface area contributed by atoms with Crippen LogP contribution in [0, 0.1) is 0 Å². The van der Waals surface area contributed by atoms with Gasteiger partial charge in [-0.25, -0.2) is 9.59 Å². The van der Waals surface area contributed by atoms with Crippen molar-refractivity contribution in [1.82, 2.24) is 50.7 Å². The van der Waals surface area contributed by atoms with Crippen LogP contribution in [-0.4, -0.2) is 190 Å². The molecule has 0 saturated carbocycles. The number of pyridine rings is 5. The zero-order valence-corrected chi connectivity index (χ0v) is 70.6. The van der Waals surface area contributed by atoms with E-state index in [0.29, 0.717) is 30.6 Å². The Balaban J connectivity index is 0.000000155. The third-order valence-electron chi connectivity index (χ3n) is 19.8. The molecule has 0 bridgehead atoms. The van der Waals surface area contributed by atoms with Crippen molar-refractivity contribution in [2.75, 3.05) is 101 Å². The summed E-state index contributed by atoms with van der Waals surface area (Å²) >= 11 is 0. The highest BCUT2D eigenvalue weighted by Gasteiger charge is 2.49. The molecule has 10 heterocycles. The lowest BCUT2D eigenvalue weighted by Crippen LogP contribution is -2.38. The van der Waals surface area contributed by atoms with Crippen molar-refractivity contribution in [1.29, 1.82) is 0 Å². The lowest BCUT2D eigenvalue weighted by Gasteiger charge is -2.32. The van der Waals surface area contributed by atoms with E-state index in [0.717, 1.165) is 105 Å². The van der Waals surface area contributed by atoms with Crippen LogP contribution in [0.4, 0.5) is 22.8 Å². The molecule has 24 nitrogen and oxygen atoms in total. The zero-order chi connectivity index (χ0) is 86.0. The van der Waals surface area contributed by atoms with Crippen molar-refractivity contribution in [3.63, 3.8) is 0 Å². The van der Waals surface area contributed by atoms with E-state index in [9.17, 15) is 31.2 Å². The van der Waals surface area contributed by atoms with Gasteiger partial charge in [0.2, 0.25) is 0 Å². The highest BCUT2D eigenvalue weighted by molar-refractivity contribution is 7.88. The summed E-state index contributed by atoms with van der Waals surface area (Å²) in [4.78, 5) is 47.9. The maximum absolute atomic E-state index is 12.7. The molecule has 3 unspecified atom stereocenters. The number of aromatic nitrogens is 5. The first kappa shape index (κ1) is 91.9. The van der Waals surface area contributed by atoms with Crippen LogP contribution in [0.2, 0.25) is 0 Å². The molecule has 0 spiro atoms. The van der Waals surface area contributed by atoms with Gasteiger partial charge in [-0.2, -0.15) is 21.6 Å². The van der Waals surface area contributed by atoms with Crippen LogP contribution in [0.5, 0.6) is 5.75 Å². The van der Waals surface area contributed by atoms with Crippen LogP contribution in [0.1, 0.15) is 128 Å². The van der Waals surface area contributed by atoms with E-state index >= 15 is 0 Å². The molecule has 29 heteroatoms. The van der Waals surface area contributed by atoms with Crippen molar-refractivity contribution in [2.45, 2.75) is 121 Å². The third-order valence-corrected chi connectivity index (χ3v) is 20.8. The van der Waals surface area contributed by atoms with Crippen molar-refractivity contribution in [3.05, 3.63) is 269 Å². The molecule has 636 valence electrons. The maximum atomic E-state index is 12.7. The molecule has 0 aliphatic carbocycles. The number of rotatable bonds is 17. The van der Waals surface area contributed by atoms with Gasteiger partial charge >= 0.3 is 34.9 Å². The largest absolute Gasteiger partial charge is 0.534 e. The van der Waals surface area contributed by atoms with E-state index in [1.54, 1.807) is 81.9 Å². The van der Waals surface area contributed by atoms with E-state index in [1.807, 2.05) is 97.0 Å². The fourth-order valence-electron chi connectivity index (χ4n) is 14.5. The third kappa shape index (κ3) is 25.6. The smallest absolute Gasteiger partial charge is 0.444 e. The van der Waals surface area contributed by atoms with Crippen LogP contribution in [-0.2, 0) is 75.4 Å². The molecule has 2 amide bonds. The summed E-state index contributed by atoms with van der Waals surface area (Å²) in [5.41, 5.74) is 14.3. The number of ether oxygens (including phenoxy) is 7. The summed E-state index contributed by atoms with van der Waals surface area (Å²) in [6, 6.07) is 49.4. The number of hydrogen-bond acceptors (Lipinski definition) is 22. The Labute approximate surface area is 701 Å². The van der Waals surface area contributed by atoms with Gasteiger partial charge in [0.15, 0.2) is 0 Å². The Morgan fingerprint density at radius 1 is 0.425 bits per heavy atom.